The van der Waals surface area contributed by atoms with E-state index in [9.17, 15) is 18.3 Å². The second-order valence-corrected chi connectivity index (χ2v) is 4.23. The number of halogens is 3. The highest BCUT2D eigenvalue weighted by Crippen LogP contribution is 2.34. The van der Waals surface area contributed by atoms with E-state index in [0.29, 0.717) is 5.56 Å². The molecule has 0 saturated heterocycles. The standard InChI is InChI=1S/C12H14F3NO/c13-12(14,15)6-4-10(17)9-3-1-2-8-5-7-16-11(8)9/h1-3,10,16-17H,4-7H2. The Balaban J connectivity index is 2.10. The van der Waals surface area contributed by atoms with E-state index in [0.717, 1.165) is 24.2 Å². The van der Waals surface area contributed by atoms with Gasteiger partial charge in [-0.05, 0) is 18.4 Å². The van der Waals surface area contributed by atoms with Crippen molar-refractivity contribution in [2.75, 3.05) is 11.9 Å². The zero-order valence-electron chi connectivity index (χ0n) is 9.22. The predicted molar refractivity (Wildman–Crippen MR) is 58.9 cm³/mol. The topological polar surface area (TPSA) is 32.3 Å². The third-order valence-electron chi connectivity index (χ3n) is 2.94. The van der Waals surface area contributed by atoms with Crippen LogP contribution in [0.5, 0.6) is 0 Å². The number of alkyl halides is 3. The van der Waals surface area contributed by atoms with Crippen LogP contribution in [0, 0.1) is 0 Å². The molecule has 0 bridgehead atoms. The number of nitrogens with one attached hydrogen (secondary N) is 1. The molecule has 94 valence electrons. The first kappa shape index (κ1) is 12.2. The van der Waals surface area contributed by atoms with Crippen molar-refractivity contribution in [1.29, 1.82) is 0 Å². The zero-order valence-corrected chi connectivity index (χ0v) is 9.22. The van der Waals surface area contributed by atoms with E-state index in [4.69, 9.17) is 0 Å². The summed E-state index contributed by atoms with van der Waals surface area (Å²) in [5.41, 5.74) is 2.44. The molecule has 0 amide bonds. The molecule has 0 fully saturated rings. The van der Waals surface area contributed by atoms with Crippen LogP contribution in [0.15, 0.2) is 18.2 Å². The Hall–Kier alpha value is -1.23. The van der Waals surface area contributed by atoms with Crippen molar-refractivity contribution < 1.29 is 18.3 Å². The average Bonchev–Trinajstić information content (AvgIpc) is 2.72. The molecule has 17 heavy (non-hydrogen) atoms. The number of rotatable bonds is 3. The molecule has 1 aromatic rings. The van der Waals surface area contributed by atoms with Gasteiger partial charge in [0.2, 0.25) is 0 Å². The molecule has 0 aromatic heterocycles. The molecule has 2 N–H and O–H groups in total. The largest absolute Gasteiger partial charge is 0.389 e. The van der Waals surface area contributed by atoms with Crippen LogP contribution in [-0.2, 0) is 6.42 Å². The Morgan fingerprint density at radius 2 is 2.12 bits per heavy atom. The number of hydrogen-bond acceptors (Lipinski definition) is 2. The van der Waals surface area contributed by atoms with Gasteiger partial charge in [0.1, 0.15) is 0 Å². The first-order valence-electron chi connectivity index (χ1n) is 5.58. The lowest BCUT2D eigenvalue weighted by Crippen LogP contribution is -2.11. The van der Waals surface area contributed by atoms with Crippen LogP contribution in [0.2, 0.25) is 0 Å². The van der Waals surface area contributed by atoms with Crippen LogP contribution < -0.4 is 5.32 Å². The Morgan fingerprint density at radius 3 is 2.82 bits per heavy atom. The molecule has 2 rings (SSSR count). The lowest BCUT2D eigenvalue weighted by Gasteiger charge is -2.16. The highest BCUT2D eigenvalue weighted by Gasteiger charge is 2.29. The second kappa shape index (κ2) is 4.56. The lowest BCUT2D eigenvalue weighted by molar-refractivity contribution is -0.140. The summed E-state index contributed by atoms with van der Waals surface area (Å²) in [6, 6.07) is 5.38. The van der Waals surface area contributed by atoms with Gasteiger partial charge in [0.15, 0.2) is 0 Å². The minimum Gasteiger partial charge on any atom is -0.388 e. The van der Waals surface area contributed by atoms with Crippen LogP contribution in [0.1, 0.15) is 30.1 Å². The van der Waals surface area contributed by atoms with E-state index in [-0.39, 0.29) is 6.42 Å². The highest BCUT2D eigenvalue weighted by atomic mass is 19.4. The van der Waals surface area contributed by atoms with E-state index >= 15 is 0 Å². The van der Waals surface area contributed by atoms with Crippen molar-refractivity contribution in [2.45, 2.75) is 31.5 Å². The van der Waals surface area contributed by atoms with Crippen LogP contribution in [0.3, 0.4) is 0 Å². The maximum absolute atomic E-state index is 12.1. The van der Waals surface area contributed by atoms with Gasteiger partial charge in [-0.1, -0.05) is 18.2 Å². The van der Waals surface area contributed by atoms with Gasteiger partial charge < -0.3 is 10.4 Å². The number of para-hydroxylation sites is 1. The van der Waals surface area contributed by atoms with E-state index in [1.807, 2.05) is 6.07 Å². The second-order valence-electron chi connectivity index (χ2n) is 4.23. The molecule has 0 saturated carbocycles. The molecule has 1 aromatic carbocycles. The normalized spacial score (nSPS) is 16.5. The summed E-state index contributed by atoms with van der Waals surface area (Å²) in [5.74, 6) is 0. The number of fused-ring (bicyclic) bond motifs is 1. The number of anilines is 1. The van der Waals surface area contributed by atoms with Crippen molar-refractivity contribution in [3.05, 3.63) is 29.3 Å². The van der Waals surface area contributed by atoms with Crippen LogP contribution in [-0.4, -0.2) is 17.8 Å². The zero-order chi connectivity index (χ0) is 12.5. The Bertz CT molecular complexity index is 403. The number of aliphatic hydroxyl groups is 1. The van der Waals surface area contributed by atoms with Gasteiger partial charge in [-0.25, -0.2) is 0 Å². The fourth-order valence-corrected chi connectivity index (χ4v) is 2.10. The monoisotopic (exact) mass is 245 g/mol. The highest BCUT2D eigenvalue weighted by molar-refractivity contribution is 5.61. The molecule has 0 radical (unpaired) electrons. The van der Waals surface area contributed by atoms with Gasteiger partial charge in [0.25, 0.3) is 0 Å². The van der Waals surface area contributed by atoms with Crippen molar-refractivity contribution in [3.63, 3.8) is 0 Å². The quantitative estimate of drug-likeness (QED) is 0.857. The molecular weight excluding hydrogens is 231 g/mol. The summed E-state index contributed by atoms with van der Waals surface area (Å²) in [5, 5.41) is 12.9. The summed E-state index contributed by atoms with van der Waals surface area (Å²) in [4.78, 5) is 0. The molecule has 1 aliphatic heterocycles. The molecule has 2 nitrogen and oxygen atoms in total. The van der Waals surface area contributed by atoms with Crippen LogP contribution >= 0.6 is 0 Å². The summed E-state index contributed by atoms with van der Waals surface area (Å²) < 4.78 is 36.2. The van der Waals surface area contributed by atoms with E-state index in [1.165, 1.54) is 0 Å². The Labute approximate surface area is 97.5 Å². The maximum atomic E-state index is 12.1. The van der Waals surface area contributed by atoms with Crippen molar-refractivity contribution in [1.82, 2.24) is 0 Å². The summed E-state index contributed by atoms with van der Waals surface area (Å²) in [7, 11) is 0. The minimum atomic E-state index is -4.22. The molecule has 1 atom stereocenters. The molecular formula is C12H14F3NO. The van der Waals surface area contributed by atoms with Crippen LogP contribution in [0.4, 0.5) is 18.9 Å². The molecule has 5 heteroatoms. The predicted octanol–water partition coefficient (Wildman–Crippen LogP) is 3.03. The van der Waals surface area contributed by atoms with Gasteiger partial charge in [0, 0.05) is 24.2 Å². The third-order valence-corrected chi connectivity index (χ3v) is 2.94. The smallest absolute Gasteiger partial charge is 0.388 e. The SMILES string of the molecule is OC(CCC(F)(F)F)c1cccc2c1NCC2. The maximum Gasteiger partial charge on any atom is 0.389 e. The van der Waals surface area contributed by atoms with E-state index in [1.54, 1.807) is 12.1 Å². The fraction of sp³-hybridized carbons (Fsp3) is 0.500. The number of hydrogen-bond donors (Lipinski definition) is 2. The lowest BCUT2D eigenvalue weighted by atomic mass is 10.00. The number of aliphatic hydroxyl groups excluding tert-OH is 1. The molecule has 1 unspecified atom stereocenters. The summed E-state index contributed by atoms with van der Waals surface area (Å²) >= 11 is 0. The first-order valence-corrected chi connectivity index (χ1v) is 5.58. The Morgan fingerprint density at radius 1 is 1.35 bits per heavy atom. The summed E-state index contributed by atoms with van der Waals surface area (Å²) in [6.07, 6.45) is -5.67. The first-order chi connectivity index (χ1) is 7.97. The van der Waals surface area contributed by atoms with Gasteiger partial charge in [-0.15, -0.1) is 0 Å². The van der Waals surface area contributed by atoms with E-state index in [2.05, 4.69) is 5.32 Å². The molecule has 1 aliphatic rings. The van der Waals surface area contributed by atoms with Crippen molar-refractivity contribution in [2.24, 2.45) is 0 Å². The van der Waals surface area contributed by atoms with Crippen LogP contribution in [0.25, 0.3) is 0 Å². The van der Waals surface area contributed by atoms with E-state index < -0.39 is 18.7 Å². The molecule has 0 aliphatic carbocycles. The summed E-state index contributed by atoms with van der Waals surface area (Å²) in [6.45, 7) is 0.776. The average molecular weight is 245 g/mol. The van der Waals surface area contributed by atoms with Crippen molar-refractivity contribution in [3.8, 4) is 0 Å². The molecule has 0 spiro atoms. The fourth-order valence-electron chi connectivity index (χ4n) is 2.10. The Kier molecular flexibility index (Phi) is 3.28. The van der Waals surface area contributed by atoms with Gasteiger partial charge in [0.05, 0.1) is 6.10 Å². The van der Waals surface area contributed by atoms with Gasteiger partial charge >= 0.3 is 6.18 Å². The third kappa shape index (κ3) is 2.91. The van der Waals surface area contributed by atoms with Crippen molar-refractivity contribution >= 4 is 5.69 Å². The minimum absolute atomic E-state index is 0.290. The number of benzene rings is 1. The van der Waals surface area contributed by atoms with Gasteiger partial charge in [-0.3, -0.25) is 0 Å². The molecule has 1 heterocycles. The van der Waals surface area contributed by atoms with Gasteiger partial charge in [-0.2, -0.15) is 13.2 Å².